The van der Waals surface area contributed by atoms with Crippen LogP contribution in [0.3, 0.4) is 0 Å². The first kappa shape index (κ1) is 15.4. The van der Waals surface area contributed by atoms with Gasteiger partial charge < -0.3 is 14.4 Å². The largest absolute Gasteiger partial charge is 0.477 e. The summed E-state index contributed by atoms with van der Waals surface area (Å²) in [6.45, 7) is 4.70. The molecule has 2 bridgehead atoms. The summed E-state index contributed by atoms with van der Waals surface area (Å²) in [4.78, 5) is 26.8. The fourth-order valence-electron chi connectivity index (χ4n) is 6.22. The third-order valence-corrected chi connectivity index (χ3v) is 7.33. The molecule has 1 saturated carbocycles. The number of rotatable bonds is 1. The first-order chi connectivity index (χ1) is 11.9. The number of esters is 1. The highest BCUT2D eigenvalue weighted by Gasteiger charge is 2.71. The molecule has 5 rings (SSSR count). The van der Waals surface area contributed by atoms with Gasteiger partial charge >= 0.3 is 5.97 Å². The number of hydrogen-bond acceptors (Lipinski definition) is 5. The lowest BCUT2D eigenvalue weighted by atomic mass is 9.44. The molecule has 5 nitrogen and oxygen atoms in total. The fourth-order valence-corrected chi connectivity index (χ4v) is 6.22. The Bertz CT molecular complexity index is 818. The Hall–Kier alpha value is -1.88. The van der Waals surface area contributed by atoms with Gasteiger partial charge in [0.15, 0.2) is 23.4 Å². The Kier molecular flexibility index (Phi) is 2.85. The molecular formula is C20H23NO4. The summed E-state index contributed by atoms with van der Waals surface area (Å²) in [7, 11) is 2.20. The smallest absolute Gasteiger partial charge is 0.308 e. The van der Waals surface area contributed by atoms with Crippen molar-refractivity contribution in [2.24, 2.45) is 5.41 Å². The quantitative estimate of drug-likeness (QED) is 0.579. The normalized spacial score (nSPS) is 38.1. The Morgan fingerprint density at radius 2 is 2.16 bits per heavy atom. The number of piperidine rings is 1. The second kappa shape index (κ2) is 4.64. The number of likely N-dealkylation sites (N-methyl/N-ethyl adjacent to an activating group) is 1. The summed E-state index contributed by atoms with van der Waals surface area (Å²) in [5.41, 5.74) is 2.12. The Labute approximate surface area is 147 Å². The van der Waals surface area contributed by atoms with Crippen molar-refractivity contribution in [2.75, 3.05) is 13.6 Å². The summed E-state index contributed by atoms with van der Waals surface area (Å²) in [5.74, 6) is 0.932. The highest BCUT2D eigenvalue weighted by Crippen LogP contribution is 2.68. The molecule has 4 aliphatic rings. The van der Waals surface area contributed by atoms with Crippen molar-refractivity contribution in [3.05, 3.63) is 23.3 Å². The molecule has 4 atom stereocenters. The van der Waals surface area contributed by atoms with E-state index in [1.165, 1.54) is 12.5 Å². The van der Waals surface area contributed by atoms with E-state index in [1.54, 1.807) is 0 Å². The van der Waals surface area contributed by atoms with Crippen LogP contribution in [0.4, 0.5) is 0 Å². The van der Waals surface area contributed by atoms with E-state index in [0.29, 0.717) is 24.0 Å². The lowest BCUT2D eigenvalue weighted by Crippen LogP contribution is -2.70. The van der Waals surface area contributed by atoms with Crippen LogP contribution in [0.1, 0.15) is 44.2 Å². The van der Waals surface area contributed by atoms with Gasteiger partial charge in [-0.2, -0.15) is 0 Å². The minimum absolute atomic E-state index is 0.00563. The van der Waals surface area contributed by atoms with Crippen molar-refractivity contribution in [1.29, 1.82) is 0 Å². The maximum Gasteiger partial charge on any atom is 0.308 e. The molecule has 0 unspecified atom stereocenters. The van der Waals surface area contributed by atoms with Crippen LogP contribution >= 0.6 is 0 Å². The second-order valence-electron chi connectivity index (χ2n) is 8.32. The average molecular weight is 341 g/mol. The minimum Gasteiger partial charge on any atom is -0.477 e. The number of nitrogens with zero attached hydrogens (tertiary/aromatic N) is 1. The van der Waals surface area contributed by atoms with Gasteiger partial charge in [0.25, 0.3) is 0 Å². The summed E-state index contributed by atoms with van der Waals surface area (Å²) in [6, 6.07) is 4.31. The van der Waals surface area contributed by atoms with E-state index in [9.17, 15) is 9.59 Å². The summed E-state index contributed by atoms with van der Waals surface area (Å²) in [5, 5.41) is 0. The minimum atomic E-state index is -0.437. The molecule has 1 spiro atoms. The first-order valence-electron chi connectivity index (χ1n) is 9.13. The van der Waals surface area contributed by atoms with E-state index < -0.39 is 6.10 Å². The summed E-state index contributed by atoms with van der Waals surface area (Å²) in [6.07, 6.45) is 2.91. The number of ether oxygens (including phenoxy) is 2. The topological polar surface area (TPSA) is 55.8 Å². The number of carbonyl (C=O) groups is 2. The molecule has 1 saturated heterocycles. The third-order valence-electron chi connectivity index (χ3n) is 7.33. The summed E-state index contributed by atoms with van der Waals surface area (Å²) >= 11 is 0. The Morgan fingerprint density at radius 3 is 2.92 bits per heavy atom. The maximum atomic E-state index is 12.8. The zero-order valence-corrected chi connectivity index (χ0v) is 14.9. The molecule has 132 valence electrons. The van der Waals surface area contributed by atoms with E-state index in [1.807, 2.05) is 6.07 Å². The highest BCUT2D eigenvalue weighted by atomic mass is 16.6. The average Bonchev–Trinajstić information content (AvgIpc) is 2.91. The van der Waals surface area contributed by atoms with Crippen LogP contribution in [0.5, 0.6) is 11.5 Å². The van der Waals surface area contributed by atoms with Crippen molar-refractivity contribution < 1.29 is 19.1 Å². The molecule has 2 fully saturated rings. The van der Waals surface area contributed by atoms with E-state index in [2.05, 4.69) is 24.9 Å². The van der Waals surface area contributed by atoms with E-state index in [0.717, 1.165) is 31.4 Å². The predicted molar refractivity (Wildman–Crippen MR) is 90.9 cm³/mol. The van der Waals surface area contributed by atoms with Crippen molar-refractivity contribution in [2.45, 2.75) is 57.1 Å². The van der Waals surface area contributed by atoms with Crippen molar-refractivity contribution >= 4 is 11.8 Å². The van der Waals surface area contributed by atoms with Crippen LogP contribution in [0, 0.1) is 5.41 Å². The van der Waals surface area contributed by atoms with Gasteiger partial charge in [0.1, 0.15) is 0 Å². The molecule has 1 aromatic carbocycles. The molecule has 2 aliphatic carbocycles. The lowest BCUT2D eigenvalue weighted by Gasteiger charge is -2.63. The Balaban J connectivity index is 1.80. The molecule has 0 radical (unpaired) electrons. The van der Waals surface area contributed by atoms with Gasteiger partial charge in [-0.1, -0.05) is 13.0 Å². The van der Waals surface area contributed by atoms with Crippen LogP contribution in [-0.2, 0) is 21.4 Å². The molecule has 0 N–H and O–H groups in total. The van der Waals surface area contributed by atoms with E-state index in [4.69, 9.17) is 9.47 Å². The summed E-state index contributed by atoms with van der Waals surface area (Å²) < 4.78 is 11.7. The lowest BCUT2D eigenvalue weighted by molar-refractivity contribution is -0.150. The predicted octanol–water partition coefficient (Wildman–Crippen LogP) is 2.24. The van der Waals surface area contributed by atoms with Crippen LogP contribution in [0.25, 0.3) is 0 Å². The van der Waals surface area contributed by atoms with Gasteiger partial charge in [0.05, 0.1) is 5.41 Å². The Morgan fingerprint density at radius 1 is 1.36 bits per heavy atom. The number of ketones is 1. The van der Waals surface area contributed by atoms with E-state index >= 15 is 0 Å². The van der Waals surface area contributed by atoms with Gasteiger partial charge in [-0.05, 0) is 49.9 Å². The van der Waals surface area contributed by atoms with Gasteiger partial charge in [-0.15, -0.1) is 0 Å². The highest BCUT2D eigenvalue weighted by molar-refractivity contribution is 5.89. The molecule has 25 heavy (non-hydrogen) atoms. The number of likely N-dealkylation sites (tertiary alicyclic amines) is 1. The van der Waals surface area contributed by atoms with Crippen molar-refractivity contribution in [3.63, 3.8) is 0 Å². The second-order valence-corrected chi connectivity index (χ2v) is 8.32. The number of carbonyl (C=O) groups excluding carboxylic acids is 2. The van der Waals surface area contributed by atoms with Gasteiger partial charge in [-0.25, -0.2) is 0 Å². The fraction of sp³-hybridized carbons (Fsp3) is 0.600. The number of Topliss-reactive ketones (excluding diaryl/α,β-unsaturated/α-hetero) is 1. The molecule has 2 aliphatic heterocycles. The molecule has 0 amide bonds. The zero-order chi connectivity index (χ0) is 17.6. The van der Waals surface area contributed by atoms with Gasteiger partial charge in [0.2, 0.25) is 0 Å². The zero-order valence-electron chi connectivity index (χ0n) is 14.9. The van der Waals surface area contributed by atoms with Crippen molar-refractivity contribution in [3.8, 4) is 11.5 Å². The molecule has 5 heteroatoms. The SMILES string of the molecule is CC(=O)Oc1ccc2c3c1O[C@H]1C(=O)CC[C@@]4(C)[C@@H](C2)N(C)CC[C@]314. The molecule has 2 heterocycles. The van der Waals surface area contributed by atoms with Gasteiger partial charge in [-0.3, -0.25) is 9.59 Å². The maximum absolute atomic E-state index is 12.8. The van der Waals surface area contributed by atoms with Crippen LogP contribution in [-0.4, -0.2) is 42.4 Å². The molecular weight excluding hydrogens is 318 g/mol. The standard InChI is InChI=1S/C20H23NO4/c1-11(22)24-14-5-4-12-10-15-19(2)7-6-13(23)18-20(19,8-9-21(15)3)16(12)17(14)25-18/h4-5,15,18H,6-10H2,1-3H3/t15-,18+,19+,20+/m1/s1. The molecule has 0 aromatic heterocycles. The van der Waals surface area contributed by atoms with Crippen molar-refractivity contribution in [1.82, 2.24) is 4.90 Å². The monoisotopic (exact) mass is 341 g/mol. The van der Waals surface area contributed by atoms with Crippen LogP contribution in [0.2, 0.25) is 0 Å². The molecule has 1 aromatic rings. The van der Waals surface area contributed by atoms with E-state index in [-0.39, 0.29) is 22.6 Å². The van der Waals surface area contributed by atoms with Gasteiger partial charge in [0, 0.05) is 24.9 Å². The van der Waals surface area contributed by atoms with Crippen LogP contribution < -0.4 is 9.47 Å². The number of hydrogen-bond donors (Lipinski definition) is 0. The first-order valence-corrected chi connectivity index (χ1v) is 9.13. The van der Waals surface area contributed by atoms with Crippen LogP contribution in [0.15, 0.2) is 12.1 Å². The number of benzene rings is 1. The third kappa shape index (κ3) is 1.63.